The minimum Gasteiger partial charge on any atom is -0.383 e. The van der Waals surface area contributed by atoms with Crippen LogP contribution in [0.5, 0.6) is 0 Å². The number of nitrogens with one attached hydrogen (secondary N) is 1. The van der Waals surface area contributed by atoms with Gasteiger partial charge in [0.2, 0.25) is 0 Å². The lowest BCUT2D eigenvalue weighted by Gasteiger charge is -2.34. The van der Waals surface area contributed by atoms with E-state index in [1.54, 1.807) is 18.2 Å². The fraction of sp³-hybridized carbons (Fsp3) is 0.250. The molecule has 2 amide bonds. The fourth-order valence-electron chi connectivity index (χ4n) is 3.37. The number of aliphatic hydroxyl groups excluding tert-OH is 1. The molecule has 0 radical (unpaired) electrons. The number of aliphatic hydroxyl groups is 1. The van der Waals surface area contributed by atoms with E-state index in [2.05, 4.69) is 10.3 Å². The molecule has 0 bridgehead atoms. The number of carbonyl (C=O) groups is 2. The molecule has 2 aromatic carbocycles. The van der Waals surface area contributed by atoms with Crippen molar-refractivity contribution in [3.8, 4) is 0 Å². The summed E-state index contributed by atoms with van der Waals surface area (Å²) in [6.45, 7) is 0.791. The summed E-state index contributed by atoms with van der Waals surface area (Å²) in [6.07, 6.45) is -3.07. The maximum absolute atomic E-state index is 13.1. The summed E-state index contributed by atoms with van der Waals surface area (Å²) in [7, 11) is 0. The van der Waals surface area contributed by atoms with Crippen molar-refractivity contribution < 1.29 is 23.8 Å². The molecule has 0 aromatic heterocycles. The predicted molar refractivity (Wildman–Crippen MR) is 104 cm³/mol. The Balaban J connectivity index is 1.45. The predicted octanol–water partition coefficient (Wildman–Crippen LogP) is 0.776. The highest BCUT2D eigenvalue weighted by molar-refractivity contribution is 6.04. The second-order valence-corrected chi connectivity index (χ2v) is 6.77. The SMILES string of the molecule is NC1=NCc2cc(NC(=O)C(O)C3OCCN(c4ccc(F)cc4)C3=O)ccc21. The quantitative estimate of drug-likeness (QED) is 0.704. The van der Waals surface area contributed by atoms with Gasteiger partial charge in [-0.3, -0.25) is 14.6 Å². The Morgan fingerprint density at radius 3 is 2.83 bits per heavy atom. The van der Waals surface area contributed by atoms with Crippen molar-refractivity contribution in [1.82, 2.24) is 0 Å². The first-order valence-electron chi connectivity index (χ1n) is 9.05. The Morgan fingerprint density at radius 2 is 2.07 bits per heavy atom. The highest BCUT2D eigenvalue weighted by Gasteiger charge is 2.39. The second kappa shape index (κ2) is 7.61. The van der Waals surface area contributed by atoms with Gasteiger partial charge in [-0.2, -0.15) is 0 Å². The third kappa shape index (κ3) is 3.69. The molecule has 2 aliphatic heterocycles. The van der Waals surface area contributed by atoms with Crippen molar-refractivity contribution in [1.29, 1.82) is 0 Å². The van der Waals surface area contributed by atoms with E-state index in [1.165, 1.54) is 29.2 Å². The minimum atomic E-state index is -1.71. The number of amides is 2. The first-order valence-corrected chi connectivity index (χ1v) is 9.05. The van der Waals surface area contributed by atoms with Crippen molar-refractivity contribution in [3.05, 3.63) is 59.4 Å². The number of halogens is 1. The minimum absolute atomic E-state index is 0.133. The number of hydrogen-bond acceptors (Lipinski definition) is 6. The van der Waals surface area contributed by atoms with Gasteiger partial charge in [-0.1, -0.05) is 0 Å². The van der Waals surface area contributed by atoms with E-state index in [0.29, 0.717) is 23.8 Å². The van der Waals surface area contributed by atoms with E-state index < -0.39 is 29.8 Å². The largest absolute Gasteiger partial charge is 0.383 e. The Morgan fingerprint density at radius 1 is 1.31 bits per heavy atom. The average Bonchev–Trinajstić information content (AvgIpc) is 3.08. The molecule has 0 saturated carbocycles. The van der Waals surface area contributed by atoms with Gasteiger partial charge in [0.05, 0.1) is 13.2 Å². The molecule has 2 heterocycles. The van der Waals surface area contributed by atoms with Gasteiger partial charge >= 0.3 is 0 Å². The number of ether oxygens (including phenoxy) is 1. The highest BCUT2D eigenvalue weighted by Crippen LogP contribution is 2.23. The number of anilines is 2. The van der Waals surface area contributed by atoms with Crippen LogP contribution in [0.3, 0.4) is 0 Å². The molecule has 1 saturated heterocycles. The molecule has 4 N–H and O–H groups in total. The lowest BCUT2D eigenvalue weighted by molar-refractivity contribution is -0.150. The highest BCUT2D eigenvalue weighted by atomic mass is 19.1. The summed E-state index contributed by atoms with van der Waals surface area (Å²) in [5, 5.41) is 13.0. The molecule has 2 atom stereocenters. The van der Waals surface area contributed by atoms with Crippen LogP contribution in [0, 0.1) is 5.82 Å². The standard InChI is InChI=1S/C20H19FN4O4/c21-12-1-4-14(5-2-12)25-7-8-29-17(20(25)28)16(26)19(27)24-13-3-6-15-11(9-13)10-23-18(15)22/h1-6,9,16-17,26H,7-8,10H2,(H2,22,23)(H,24,27). The Hall–Kier alpha value is -3.30. The molecule has 29 heavy (non-hydrogen) atoms. The number of nitrogens with two attached hydrogens (primary N) is 1. The number of carbonyl (C=O) groups excluding carboxylic acids is 2. The molecule has 0 spiro atoms. The topological polar surface area (TPSA) is 117 Å². The molecule has 9 heteroatoms. The molecule has 2 aliphatic rings. The van der Waals surface area contributed by atoms with Crippen LogP contribution in [0.4, 0.5) is 15.8 Å². The summed E-state index contributed by atoms with van der Waals surface area (Å²) in [4.78, 5) is 30.7. The van der Waals surface area contributed by atoms with Gasteiger partial charge in [0.15, 0.2) is 12.2 Å². The average molecular weight is 398 g/mol. The fourth-order valence-corrected chi connectivity index (χ4v) is 3.37. The van der Waals surface area contributed by atoms with Crippen LogP contribution < -0.4 is 16.0 Å². The van der Waals surface area contributed by atoms with Crippen LogP contribution in [0.2, 0.25) is 0 Å². The van der Waals surface area contributed by atoms with E-state index in [4.69, 9.17) is 10.5 Å². The van der Waals surface area contributed by atoms with Crippen molar-refractivity contribution >= 4 is 29.0 Å². The lowest BCUT2D eigenvalue weighted by atomic mass is 10.1. The van der Waals surface area contributed by atoms with Crippen LogP contribution in [0.1, 0.15) is 11.1 Å². The maximum atomic E-state index is 13.1. The van der Waals surface area contributed by atoms with Gasteiger partial charge in [0.1, 0.15) is 11.7 Å². The molecular weight excluding hydrogens is 379 g/mol. The van der Waals surface area contributed by atoms with Crippen molar-refractivity contribution in [3.63, 3.8) is 0 Å². The molecular formula is C20H19FN4O4. The summed E-state index contributed by atoms with van der Waals surface area (Å²) in [5.74, 6) is -1.32. The normalized spacial score (nSPS) is 19.5. The molecule has 2 aromatic rings. The van der Waals surface area contributed by atoms with E-state index in [1.807, 2.05) is 0 Å². The van der Waals surface area contributed by atoms with Crippen LogP contribution in [0.15, 0.2) is 47.5 Å². The Bertz CT molecular complexity index is 992. The first kappa shape index (κ1) is 19.0. The molecule has 1 fully saturated rings. The van der Waals surface area contributed by atoms with Gasteiger partial charge in [-0.15, -0.1) is 0 Å². The second-order valence-electron chi connectivity index (χ2n) is 6.77. The summed E-state index contributed by atoms with van der Waals surface area (Å²) in [5.41, 5.74) is 8.37. The summed E-state index contributed by atoms with van der Waals surface area (Å²) >= 11 is 0. The number of nitrogens with zero attached hydrogens (tertiary/aromatic N) is 2. The van der Waals surface area contributed by atoms with Crippen LogP contribution in [-0.2, 0) is 20.9 Å². The van der Waals surface area contributed by atoms with E-state index in [0.717, 1.165) is 11.1 Å². The molecule has 2 unspecified atom stereocenters. The lowest BCUT2D eigenvalue weighted by Crippen LogP contribution is -2.55. The van der Waals surface area contributed by atoms with Gasteiger partial charge in [0.25, 0.3) is 11.8 Å². The van der Waals surface area contributed by atoms with Crippen molar-refractivity contribution in [2.24, 2.45) is 10.7 Å². The number of rotatable bonds is 4. The van der Waals surface area contributed by atoms with Gasteiger partial charge in [-0.25, -0.2) is 4.39 Å². The number of amidine groups is 1. The van der Waals surface area contributed by atoms with E-state index >= 15 is 0 Å². The monoisotopic (exact) mass is 398 g/mol. The Labute approximate surface area is 165 Å². The summed E-state index contributed by atoms with van der Waals surface area (Å²) < 4.78 is 18.5. The molecule has 0 aliphatic carbocycles. The van der Waals surface area contributed by atoms with Crippen molar-refractivity contribution in [2.75, 3.05) is 23.4 Å². The van der Waals surface area contributed by atoms with Crippen LogP contribution in [0.25, 0.3) is 0 Å². The zero-order valence-corrected chi connectivity index (χ0v) is 15.3. The number of morpholine rings is 1. The van der Waals surface area contributed by atoms with E-state index in [-0.39, 0.29) is 13.2 Å². The van der Waals surface area contributed by atoms with Gasteiger partial charge in [0, 0.05) is 23.5 Å². The molecule has 8 nitrogen and oxygen atoms in total. The van der Waals surface area contributed by atoms with Crippen molar-refractivity contribution in [2.45, 2.75) is 18.8 Å². The first-order chi connectivity index (χ1) is 13.9. The molecule has 150 valence electrons. The number of fused-ring (bicyclic) bond motifs is 1. The number of hydrogen-bond donors (Lipinski definition) is 3. The van der Waals surface area contributed by atoms with Gasteiger partial charge < -0.3 is 25.8 Å². The number of benzene rings is 2. The van der Waals surface area contributed by atoms with E-state index in [9.17, 15) is 19.1 Å². The zero-order valence-electron chi connectivity index (χ0n) is 15.3. The maximum Gasteiger partial charge on any atom is 0.259 e. The molecule has 4 rings (SSSR count). The third-order valence-electron chi connectivity index (χ3n) is 4.88. The van der Waals surface area contributed by atoms with Crippen LogP contribution in [-0.4, -0.2) is 48.1 Å². The number of aliphatic imine (C=N–C) groups is 1. The van der Waals surface area contributed by atoms with Crippen LogP contribution >= 0.6 is 0 Å². The third-order valence-corrected chi connectivity index (χ3v) is 4.88. The summed E-state index contributed by atoms with van der Waals surface area (Å²) in [6, 6.07) is 10.5. The Kier molecular flexibility index (Phi) is 4.99. The van der Waals surface area contributed by atoms with Gasteiger partial charge in [-0.05, 0) is 48.0 Å². The smallest absolute Gasteiger partial charge is 0.259 e. The zero-order chi connectivity index (χ0) is 20.5.